The Morgan fingerprint density at radius 2 is 1.89 bits per heavy atom. The first-order chi connectivity index (χ1) is 9.08. The lowest BCUT2D eigenvalue weighted by Crippen LogP contribution is -1.99. The summed E-state index contributed by atoms with van der Waals surface area (Å²) >= 11 is 1.04. The van der Waals surface area contributed by atoms with E-state index in [0.29, 0.717) is 4.90 Å². The highest BCUT2D eigenvalue weighted by Gasteiger charge is 2.12. The van der Waals surface area contributed by atoms with Crippen LogP contribution in [0.2, 0.25) is 0 Å². The van der Waals surface area contributed by atoms with Crippen molar-refractivity contribution in [3.63, 3.8) is 0 Å². The van der Waals surface area contributed by atoms with Crippen molar-refractivity contribution in [1.82, 2.24) is 9.97 Å². The molecule has 96 valence electrons. The quantitative estimate of drug-likeness (QED) is 0.518. The first-order valence-electron chi connectivity index (χ1n) is 5.04. The molecule has 0 fully saturated rings. The Kier molecular flexibility index (Phi) is 3.71. The maximum absolute atomic E-state index is 11.0. The van der Waals surface area contributed by atoms with Crippen LogP contribution in [0.4, 0.5) is 5.69 Å². The fourth-order valence-corrected chi connectivity index (χ4v) is 2.11. The summed E-state index contributed by atoms with van der Waals surface area (Å²) in [7, 11) is 0. The van der Waals surface area contributed by atoms with Crippen LogP contribution in [0, 0.1) is 10.1 Å². The Labute approximate surface area is 111 Å². The van der Waals surface area contributed by atoms with Gasteiger partial charge in [0.15, 0.2) is 5.16 Å². The van der Waals surface area contributed by atoms with Gasteiger partial charge in [0.2, 0.25) is 0 Å². The summed E-state index contributed by atoms with van der Waals surface area (Å²) in [5.74, 6) is -1.05. The van der Waals surface area contributed by atoms with Gasteiger partial charge in [-0.25, -0.2) is 14.8 Å². The summed E-state index contributed by atoms with van der Waals surface area (Å²) in [5, 5.41) is 19.7. The predicted octanol–water partition coefficient (Wildman–Crippen LogP) is 2.23. The monoisotopic (exact) mass is 277 g/mol. The highest BCUT2D eigenvalue weighted by Crippen LogP contribution is 2.28. The molecule has 0 radical (unpaired) electrons. The van der Waals surface area contributed by atoms with E-state index >= 15 is 0 Å². The van der Waals surface area contributed by atoms with Gasteiger partial charge < -0.3 is 5.11 Å². The van der Waals surface area contributed by atoms with Gasteiger partial charge in [0.25, 0.3) is 0 Å². The molecule has 0 saturated heterocycles. The van der Waals surface area contributed by atoms with E-state index < -0.39 is 10.9 Å². The van der Waals surface area contributed by atoms with Crippen molar-refractivity contribution in [3.8, 4) is 0 Å². The predicted molar refractivity (Wildman–Crippen MR) is 66.2 cm³/mol. The highest BCUT2D eigenvalue weighted by molar-refractivity contribution is 7.99. The van der Waals surface area contributed by atoms with Crippen molar-refractivity contribution in [2.75, 3.05) is 0 Å². The molecule has 1 heterocycles. The minimum atomic E-state index is -1.05. The number of carbonyl (C=O) groups is 1. The van der Waals surface area contributed by atoms with E-state index in [1.807, 2.05) is 0 Å². The van der Waals surface area contributed by atoms with E-state index in [9.17, 15) is 14.9 Å². The minimum absolute atomic E-state index is 0.134. The summed E-state index contributed by atoms with van der Waals surface area (Å²) in [6, 6.07) is 6.40. The molecule has 1 N–H and O–H groups in total. The van der Waals surface area contributed by atoms with Crippen molar-refractivity contribution in [1.29, 1.82) is 0 Å². The second-order valence-electron chi connectivity index (χ2n) is 3.38. The van der Waals surface area contributed by atoms with Gasteiger partial charge in [-0.1, -0.05) is 12.1 Å². The van der Waals surface area contributed by atoms with Crippen LogP contribution in [-0.2, 0) is 0 Å². The smallest absolute Gasteiger partial charge is 0.336 e. The molecule has 19 heavy (non-hydrogen) atoms. The molecular formula is C11H7N3O4S. The number of nitrogens with zero attached hydrogens (tertiary/aromatic N) is 3. The average Bonchev–Trinajstić information content (AvgIpc) is 2.39. The molecule has 0 aliphatic heterocycles. The molecule has 1 aromatic heterocycles. The molecule has 2 aromatic rings. The van der Waals surface area contributed by atoms with Crippen LogP contribution >= 0.6 is 11.8 Å². The zero-order valence-corrected chi connectivity index (χ0v) is 10.2. The Balaban J connectivity index is 2.26. The zero-order chi connectivity index (χ0) is 13.8. The maximum atomic E-state index is 11.0. The molecule has 7 nitrogen and oxygen atoms in total. The van der Waals surface area contributed by atoms with Gasteiger partial charge in [-0.15, -0.1) is 0 Å². The first kappa shape index (κ1) is 13.0. The Morgan fingerprint density at radius 1 is 1.26 bits per heavy atom. The number of carboxylic acid groups (broad SMARTS) is 1. The van der Waals surface area contributed by atoms with Gasteiger partial charge >= 0.3 is 11.7 Å². The molecule has 2 rings (SSSR count). The fourth-order valence-electron chi connectivity index (χ4n) is 1.29. The molecule has 0 spiro atoms. The van der Waals surface area contributed by atoms with Crippen molar-refractivity contribution < 1.29 is 14.8 Å². The summed E-state index contributed by atoms with van der Waals surface area (Å²) in [6.45, 7) is 0. The standard InChI is InChI=1S/C11H7N3O4S/c15-10(16)8-3-1-2-4-9(8)19-11-12-5-7(6-13-11)14(17)18/h1-6H,(H,15,16). The van der Waals surface area contributed by atoms with Crippen molar-refractivity contribution >= 4 is 23.4 Å². The van der Waals surface area contributed by atoms with Gasteiger partial charge in [0, 0.05) is 4.90 Å². The van der Waals surface area contributed by atoms with Crippen LogP contribution in [0.15, 0.2) is 46.7 Å². The number of carboxylic acids is 1. The van der Waals surface area contributed by atoms with Crippen molar-refractivity contribution in [2.24, 2.45) is 0 Å². The number of hydrogen-bond donors (Lipinski definition) is 1. The van der Waals surface area contributed by atoms with E-state index in [2.05, 4.69) is 9.97 Å². The molecule has 8 heteroatoms. The number of aromatic nitrogens is 2. The Bertz CT molecular complexity index is 630. The second kappa shape index (κ2) is 5.44. The Hall–Kier alpha value is -2.48. The van der Waals surface area contributed by atoms with Crippen LogP contribution in [-0.4, -0.2) is 26.0 Å². The van der Waals surface area contributed by atoms with Crippen LogP contribution in [0.25, 0.3) is 0 Å². The lowest BCUT2D eigenvalue weighted by atomic mass is 10.2. The zero-order valence-electron chi connectivity index (χ0n) is 9.39. The molecule has 0 saturated carbocycles. The number of benzene rings is 1. The highest BCUT2D eigenvalue weighted by atomic mass is 32.2. The molecule has 0 aliphatic carbocycles. The van der Waals surface area contributed by atoms with Crippen LogP contribution in [0.3, 0.4) is 0 Å². The van der Waals surface area contributed by atoms with Crippen molar-refractivity contribution in [3.05, 3.63) is 52.3 Å². The Morgan fingerprint density at radius 3 is 2.47 bits per heavy atom. The fraction of sp³-hybridized carbons (Fsp3) is 0. The van der Waals surface area contributed by atoms with Gasteiger partial charge in [0.1, 0.15) is 12.4 Å². The topological polar surface area (TPSA) is 106 Å². The van der Waals surface area contributed by atoms with Crippen LogP contribution in [0.5, 0.6) is 0 Å². The lowest BCUT2D eigenvalue weighted by molar-refractivity contribution is -0.385. The molecule has 0 unspecified atom stereocenters. The summed E-state index contributed by atoms with van der Waals surface area (Å²) in [4.78, 5) is 29.0. The molecule has 0 aliphatic rings. The maximum Gasteiger partial charge on any atom is 0.336 e. The third-order valence-electron chi connectivity index (χ3n) is 2.14. The van der Waals surface area contributed by atoms with E-state index in [4.69, 9.17) is 5.11 Å². The SMILES string of the molecule is O=C(O)c1ccccc1Sc1ncc([N+](=O)[O-])cn1. The van der Waals surface area contributed by atoms with Crippen LogP contribution in [0.1, 0.15) is 10.4 Å². The summed E-state index contributed by atoms with van der Waals surface area (Å²) in [5.41, 5.74) is -0.0784. The van der Waals surface area contributed by atoms with Gasteiger partial charge in [-0.3, -0.25) is 10.1 Å². The molecule has 1 aromatic carbocycles. The van der Waals surface area contributed by atoms with E-state index in [0.717, 1.165) is 24.2 Å². The molecule has 0 atom stereocenters. The number of hydrogen-bond acceptors (Lipinski definition) is 6. The average molecular weight is 277 g/mol. The lowest BCUT2D eigenvalue weighted by Gasteiger charge is -2.03. The van der Waals surface area contributed by atoms with E-state index in [1.54, 1.807) is 18.2 Å². The molecular weight excluding hydrogens is 270 g/mol. The third kappa shape index (κ3) is 3.05. The van der Waals surface area contributed by atoms with E-state index in [-0.39, 0.29) is 16.4 Å². The third-order valence-corrected chi connectivity index (χ3v) is 3.11. The number of rotatable bonds is 4. The largest absolute Gasteiger partial charge is 0.478 e. The van der Waals surface area contributed by atoms with Gasteiger partial charge in [-0.2, -0.15) is 0 Å². The van der Waals surface area contributed by atoms with Gasteiger partial charge in [0.05, 0.1) is 10.5 Å². The minimum Gasteiger partial charge on any atom is -0.478 e. The molecule has 0 amide bonds. The van der Waals surface area contributed by atoms with Crippen LogP contribution < -0.4 is 0 Å². The first-order valence-corrected chi connectivity index (χ1v) is 5.86. The summed E-state index contributed by atoms with van der Waals surface area (Å²) < 4.78 is 0. The molecule has 0 bridgehead atoms. The van der Waals surface area contributed by atoms with Crippen molar-refractivity contribution in [2.45, 2.75) is 10.1 Å². The normalized spacial score (nSPS) is 10.1. The second-order valence-corrected chi connectivity index (χ2v) is 4.39. The summed E-state index contributed by atoms with van der Waals surface area (Å²) in [6.07, 6.45) is 2.16. The van der Waals surface area contributed by atoms with Gasteiger partial charge in [-0.05, 0) is 23.9 Å². The number of aromatic carboxylic acids is 1. The number of nitro groups is 1. The van der Waals surface area contributed by atoms with E-state index in [1.165, 1.54) is 6.07 Å².